The lowest BCUT2D eigenvalue weighted by molar-refractivity contribution is 0.316. The maximum Gasteiger partial charge on any atom is 0.164 e. The average molecular weight is 229 g/mol. The molecule has 0 saturated carbocycles. The summed E-state index contributed by atoms with van der Waals surface area (Å²) in [6.07, 6.45) is 0. The number of benzene rings is 1. The number of phenolic OH excluding ortho intramolecular Hbond substituents is 1. The fourth-order valence-corrected chi connectivity index (χ4v) is 1.55. The van der Waals surface area contributed by atoms with Crippen molar-refractivity contribution in [3.8, 4) is 11.5 Å². The van der Waals surface area contributed by atoms with Crippen LogP contribution in [0.1, 0.15) is 30.9 Å². The van der Waals surface area contributed by atoms with Gasteiger partial charge in [-0.3, -0.25) is 0 Å². The van der Waals surface area contributed by atoms with E-state index in [1.54, 1.807) is 0 Å². The average Bonchev–Trinajstić information content (AvgIpc) is 2.17. The molecule has 0 saturated heterocycles. The Bertz CT molecular complexity index is 335. The first-order valence-electron chi connectivity index (χ1n) is 5.09. The molecule has 0 unspecified atom stereocenters. The van der Waals surface area contributed by atoms with E-state index in [9.17, 15) is 5.11 Å². The normalized spacial score (nSPS) is 10.7. The van der Waals surface area contributed by atoms with Crippen molar-refractivity contribution in [2.24, 2.45) is 0 Å². The van der Waals surface area contributed by atoms with Crippen LogP contribution in [0.4, 0.5) is 0 Å². The second-order valence-electron chi connectivity index (χ2n) is 3.84. The van der Waals surface area contributed by atoms with Gasteiger partial charge in [-0.25, -0.2) is 0 Å². The first kappa shape index (κ1) is 12.2. The van der Waals surface area contributed by atoms with Gasteiger partial charge in [0, 0.05) is 5.56 Å². The van der Waals surface area contributed by atoms with Gasteiger partial charge in [-0.05, 0) is 18.4 Å². The summed E-state index contributed by atoms with van der Waals surface area (Å²) in [6, 6.07) is 3.89. The SMILES string of the molecule is Cc1ccc(C(C)C)c(O)c1OCCCl. The van der Waals surface area contributed by atoms with E-state index in [1.807, 2.05) is 32.9 Å². The molecule has 3 heteroatoms. The van der Waals surface area contributed by atoms with E-state index in [0.29, 0.717) is 18.2 Å². The predicted molar refractivity (Wildman–Crippen MR) is 63.1 cm³/mol. The fraction of sp³-hybridized carbons (Fsp3) is 0.500. The Morgan fingerprint density at radius 1 is 1.40 bits per heavy atom. The van der Waals surface area contributed by atoms with Crippen molar-refractivity contribution < 1.29 is 9.84 Å². The summed E-state index contributed by atoms with van der Waals surface area (Å²) >= 11 is 5.55. The molecule has 0 aliphatic heterocycles. The van der Waals surface area contributed by atoms with Crippen LogP contribution in [-0.4, -0.2) is 17.6 Å². The molecule has 1 aromatic carbocycles. The summed E-state index contributed by atoms with van der Waals surface area (Å²) in [4.78, 5) is 0. The molecule has 0 spiro atoms. The monoisotopic (exact) mass is 228 g/mol. The van der Waals surface area contributed by atoms with Crippen LogP contribution in [0.25, 0.3) is 0 Å². The molecule has 2 nitrogen and oxygen atoms in total. The van der Waals surface area contributed by atoms with E-state index >= 15 is 0 Å². The van der Waals surface area contributed by atoms with Crippen LogP contribution < -0.4 is 4.74 Å². The molecule has 0 amide bonds. The Balaban J connectivity index is 3.06. The van der Waals surface area contributed by atoms with Gasteiger partial charge in [0.1, 0.15) is 6.61 Å². The Kier molecular flexibility index (Phi) is 4.28. The van der Waals surface area contributed by atoms with E-state index < -0.39 is 0 Å². The predicted octanol–water partition coefficient (Wildman–Crippen LogP) is 3.44. The summed E-state index contributed by atoms with van der Waals surface area (Å²) in [5, 5.41) is 10.00. The summed E-state index contributed by atoms with van der Waals surface area (Å²) < 4.78 is 5.43. The van der Waals surface area contributed by atoms with Crippen molar-refractivity contribution in [2.75, 3.05) is 12.5 Å². The Morgan fingerprint density at radius 2 is 2.07 bits per heavy atom. The maximum absolute atomic E-state index is 10.00. The number of aromatic hydroxyl groups is 1. The fourth-order valence-electron chi connectivity index (χ4n) is 1.48. The van der Waals surface area contributed by atoms with Gasteiger partial charge >= 0.3 is 0 Å². The quantitative estimate of drug-likeness (QED) is 0.800. The number of phenols is 1. The highest BCUT2D eigenvalue weighted by atomic mass is 35.5. The highest BCUT2D eigenvalue weighted by Gasteiger charge is 2.13. The summed E-state index contributed by atoms with van der Waals surface area (Å²) in [5.41, 5.74) is 1.84. The number of aryl methyl sites for hydroxylation is 1. The molecule has 0 aliphatic rings. The molecule has 0 bridgehead atoms. The zero-order valence-electron chi connectivity index (χ0n) is 9.38. The Morgan fingerprint density at radius 3 is 2.60 bits per heavy atom. The number of hydrogen-bond acceptors (Lipinski definition) is 2. The van der Waals surface area contributed by atoms with Gasteiger partial charge in [-0.1, -0.05) is 26.0 Å². The van der Waals surface area contributed by atoms with Crippen LogP contribution in [0.5, 0.6) is 11.5 Å². The molecule has 0 aliphatic carbocycles. The van der Waals surface area contributed by atoms with E-state index in [4.69, 9.17) is 16.3 Å². The molecule has 1 N–H and O–H groups in total. The molecule has 0 aromatic heterocycles. The van der Waals surface area contributed by atoms with Gasteiger partial charge in [-0.15, -0.1) is 11.6 Å². The number of halogens is 1. The van der Waals surface area contributed by atoms with Gasteiger partial charge in [0.2, 0.25) is 0 Å². The van der Waals surface area contributed by atoms with Crippen LogP contribution in [0.2, 0.25) is 0 Å². The highest BCUT2D eigenvalue weighted by Crippen LogP contribution is 2.37. The maximum atomic E-state index is 10.00. The van der Waals surface area contributed by atoms with Crippen LogP contribution >= 0.6 is 11.6 Å². The first-order valence-corrected chi connectivity index (χ1v) is 5.62. The van der Waals surface area contributed by atoms with Gasteiger partial charge in [0.15, 0.2) is 11.5 Å². The summed E-state index contributed by atoms with van der Waals surface area (Å²) in [6.45, 7) is 6.40. The number of rotatable bonds is 4. The third-order valence-electron chi connectivity index (χ3n) is 2.31. The summed E-state index contributed by atoms with van der Waals surface area (Å²) in [7, 11) is 0. The molecule has 15 heavy (non-hydrogen) atoms. The topological polar surface area (TPSA) is 29.5 Å². The minimum absolute atomic E-state index is 0.245. The minimum atomic E-state index is 0.245. The van der Waals surface area contributed by atoms with Gasteiger partial charge in [0.05, 0.1) is 5.88 Å². The lowest BCUT2D eigenvalue weighted by Crippen LogP contribution is -2.01. The third kappa shape index (κ3) is 2.78. The van der Waals surface area contributed by atoms with E-state index in [-0.39, 0.29) is 11.7 Å². The zero-order valence-corrected chi connectivity index (χ0v) is 10.1. The number of hydrogen-bond donors (Lipinski definition) is 1. The molecule has 0 atom stereocenters. The van der Waals surface area contributed by atoms with E-state index in [0.717, 1.165) is 11.1 Å². The molecular formula is C12H17ClO2. The number of ether oxygens (including phenoxy) is 1. The van der Waals surface area contributed by atoms with Crippen LogP contribution in [0, 0.1) is 6.92 Å². The Hall–Kier alpha value is -0.890. The standard InChI is InChI=1S/C12H17ClO2/c1-8(2)10-5-4-9(3)12(11(10)14)15-7-6-13/h4-5,8,14H,6-7H2,1-3H3. The van der Waals surface area contributed by atoms with E-state index in [1.165, 1.54) is 0 Å². The van der Waals surface area contributed by atoms with Crippen LogP contribution in [-0.2, 0) is 0 Å². The van der Waals surface area contributed by atoms with Crippen molar-refractivity contribution in [3.63, 3.8) is 0 Å². The molecule has 84 valence electrons. The highest BCUT2D eigenvalue weighted by molar-refractivity contribution is 6.18. The number of alkyl halides is 1. The molecule has 0 radical (unpaired) electrons. The van der Waals surface area contributed by atoms with Gasteiger partial charge in [-0.2, -0.15) is 0 Å². The van der Waals surface area contributed by atoms with Gasteiger partial charge in [0.25, 0.3) is 0 Å². The lowest BCUT2D eigenvalue weighted by Gasteiger charge is -2.15. The van der Waals surface area contributed by atoms with Crippen molar-refractivity contribution in [1.82, 2.24) is 0 Å². The molecule has 0 heterocycles. The van der Waals surface area contributed by atoms with Crippen molar-refractivity contribution in [2.45, 2.75) is 26.7 Å². The first-order chi connectivity index (χ1) is 7.07. The molecular weight excluding hydrogens is 212 g/mol. The third-order valence-corrected chi connectivity index (χ3v) is 2.46. The second-order valence-corrected chi connectivity index (χ2v) is 4.22. The summed E-state index contributed by atoms with van der Waals surface area (Å²) in [5.74, 6) is 1.51. The van der Waals surface area contributed by atoms with Crippen molar-refractivity contribution in [1.29, 1.82) is 0 Å². The smallest absolute Gasteiger partial charge is 0.164 e. The van der Waals surface area contributed by atoms with Crippen molar-refractivity contribution >= 4 is 11.6 Å². The second kappa shape index (κ2) is 5.26. The Labute approximate surface area is 95.8 Å². The van der Waals surface area contributed by atoms with Gasteiger partial charge < -0.3 is 9.84 Å². The van der Waals surface area contributed by atoms with Crippen LogP contribution in [0.3, 0.4) is 0 Å². The lowest BCUT2D eigenvalue weighted by atomic mass is 10.00. The van der Waals surface area contributed by atoms with Crippen LogP contribution in [0.15, 0.2) is 12.1 Å². The molecule has 1 aromatic rings. The molecule has 1 rings (SSSR count). The van der Waals surface area contributed by atoms with E-state index in [2.05, 4.69) is 0 Å². The zero-order chi connectivity index (χ0) is 11.4. The van der Waals surface area contributed by atoms with Crippen molar-refractivity contribution in [3.05, 3.63) is 23.3 Å². The minimum Gasteiger partial charge on any atom is -0.504 e. The largest absolute Gasteiger partial charge is 0.504 e. The molecule has 0 fully saturated rings.